The Morgan fingerprint density at radius 3 is 2.82 bits per heavy atom. The minimum atomic E-state index is -0.0376. The van der Waals surface area contributed by atoms with Gasteiger partial charge < -0.3 is 10.6 Å². The van der Waals surface area contributed by atoms with Crippen LogP contribution in [-0.4, -0.2) is 21.9 Å². The second-order valence-corrected chi connectivity index (χ2v) is 5.63. The molecule has 2 heterocycles. The molecular formula is C17H20N4O. The van der Waals surface area contributed by atoms with E-state index in [-0.39, 0.29) is 5.91 Å². The lowest BCUT2D eigenvalue weighted by molar-refractivity contribution is 0.0937. The van der Waals surface area contributed by atoms with Gasteiger partial charge in [-0.25, -0.2) is 0 Å². The second kappa shape index (κ2) is 7.02. The number of hydrogen-bond donors (Lipinski definition) is 2. The third-order valence-corrected chi connectivity index (χ3v) is 3.91. The van der Waals surface area contributed by atoms with Gasteiger partial charge in [-0.2, -0.15) is 0 Å². The quantitative estimate of drug-likeness (QED) is 0.890. The molecule has 2 aromatic heterocycles. The van der Waals surface area contributed by atoms with E-state index in [0.717, 1.165) is 24.1 Å². The molecule has 1 amide bonds. The van der Waals surface area contributed by atoms with Crippen LogP contribution in [0.4, 0.5) is 5.69 Å². The van der Waals surface area contributed by atoms with E-state index >= 15 is 0 Å². The number of rotatable bonds is 5. The van der Waals surface area contributed by atoms with E-state index in [1.54, 1.807) is 18.6 Å². The standard InChI is InChI=1S/C17H20N4O/c22-17(21-15-5-1-2-6-15)14-8-16(12-19-11-14)20-10-13-4-3-7-18-9-13/h3-4,7-9,11-12,15,20H,1-2,5-6,10H2,(H,21,22). The van der Waals surface area contributed by atoms with E-state index < -0.39 is 0 Å². The number of nitrogens with zero attached hydrogens (tertiary/aromatic N) is 2. The zero-order valence-corrected chi connectivity index (χ0v) is 12.5. The van der Waals surface area contributed by atoms with Crippen LogP contribution in [0.3, 0.4) is 0 Å². The Morgan fingerprint density at radius 1 is 1.18 bits per heavy atom. The topological polar surface area (TPSA) is 66.9 Å². The molecule has 1 fully saturated rings. The first kappa shape index (κ1) is 14.5. The zero-order valence-electron chi connectivity index (χ0n) is 12.5. The van der Waals surface area contributed by atoms with Gasteiger partial charge in [-0.3, -0.25) is 14.8 Å². The minimum Gasteiger partial charge on any atom is -0.380 e. The molecule has 2 aromatic rings. The molecule has 5 heteroatoms. The minimum absolute atomic E-state index is 0.0376. The Morgan fingerprint density at radius 2 is 2.05 bits per heavy atom. The molecule has 114 valence electrons. The molecule has 0 bridgehead atoms. The van der Waals surface area contributed by atoms with E-state index in [2.05, 4.69) is 20.6 Å². The van der Waals surface area contributed by atoms with Crippen molar-refractivity contribution in [1.29, 1.82) is 0 Å². The molecule has 0 saturated heterocycles. The molecule has 0 aromatic carbocycles. The number of aromatic nitrogens is 2. The summed E-state index contributed by atoms with van der Waals surface area (Å²) < 4.78 is 0. The first-order chi connectivity index (χ1) is 10.8. The van der Waals surface area contributed by atoms with Crippen LogP contribution in [-0.2, 0) is 6.54 Å². The summed E-state index contributed by atoms with van der Waals surface area (Å²) in [6.07, 6.45) is 11.5. The van der Waals surface area contributed by atoms with Crippen molar-refractivity contribution in [1.82, 2.24) is 15.3 Å². The highest BCUT2D eigenvalue weighted by molar-refractivity contribution is 5.94. The van der Waals surface area contributed by atoms with Gasteiger partial charge in [-0.15, -0.1) is 0 Å². The summed E-state index contributed by atoms with van der Waals surface area (Å²) in [5.74, 6) is -0.0376. The highest BCUT2D eigenvalue weighted by Gasteiger charge is 2.18. The molecule has 1 aliphatic rings. The van der Waals surface area contributed by atoms with Crippen LogP contribution < -0.4 is 10.6 Å². The van der Waals surface area contributed by atoms with Crippen molar-refractivity contribution >= 4 is 11.6 Å². The van der Waals surface area contributed by atoms with Crippen molar-refractivity contribution in [2.75, 3.05) is 5.32 Å². The van der Waals surface area contributed by atoms with Gasteiger partial charge in [-0.1, -0.05) is 18.9 Å². The Balaban J connectivity index is 1.60. The van der Waals surface area contributed by atoms with Crippen molar-refractivity contribution in [3.8, 4) is 0 Å². The number of carbonyl (C=O) groups excluding carboxylic acids is 1. The lowest BCUT2D eigenvalue weighted by Gasteiger charge is -2.12. The van der Waals surface area contributed by atoms with E-state index in [9.17, 15) is 4.79 Å². The van der Waals surface area contributed by atoms with Gasteiger partial charge >= 0.3 is 0 Å². The lowest BCUT2D eigenvalue weighted by Crippen LogP contribution is -2.32. The van der Waals surface area contributed by atoms with Crippen molar-refractivity contribution in [3.05, 3.63) is 54.1 Å². The van der Waals surface area contributed by atoms with Crippen LogP contribution in [0.25, 0.3) is 0 Å². The number of hydrogen-bond acceptors (Lipinski definition) is 4. The summed E-state index contributed by atoms with van der Waals surface area (Å²) in [5, 5.41) is 6.35. The molecule has 3 rings (SSSR count). The fraction of sp³-hybridized carbons (Fsp3) is 0.353. The fourth-order valence-corrected chi connectivity index (χ4v) is 2.71. The summed E-state index contributed by atoms with van der Waals surface area (Å²) in [7, 11) is 0. The van der Waals surface area contributed by atoms with Crippen molar-refractivity contribution in [2.45, 2.75) is 38.3 Å². The van der Waals surface area contributed by atoms with Gasteiger partial charge in [0.15, 0.2) is 0 Å². The van der Waals surface area contributed by atoms with Crippen LogP contribution in [0.5, 0.6) is 0 Å². The molecule has 2 N–H and O–H groups in total. The zero-order chi connectivity index (χ0) is 15.2. The maximum Gasteiger partial charge on any atom is 0.253 e. The number of nitrogens with one attached hydrogen (secondary N) is 2. The van der Waals surface area contributed by atoms with Gasteiger partial charge in [-0.05, 0) is 30.5 Å². The predicted molar refractivity (Wildman–Crippen MR) is 85.5 cm³/mol. The maximum atomic E-state index is 12.2. The SMILES string of the molecule is O=C(NC1CCCC1)c1cncc(NCc2cccnc2)c1. The van der Waals surface area contributed by atoms with Crippen LogP contribution in [0.1, 0.15) is 41.6 Å². The average molecular weight is 296 g/mol. The number of pyridine rings is 2. The van der Waals surface area contributed by atoms with Crippen molar-refractivity contribution in [2.24, 2.45) is 0 Å². The van der Waals surface area contributed by atoms with Gasteiger partial charge in [0.1, 0.15) is 0 Å². The summed E-state index contributed by atoms with van der Waals surface area (Å²) in [6, 6.07) is 6.07. The Hall–Kier alpha value is -2.43. The predicted octanol–water partition coefficient (Wildman–Crippen LogP) is 2.76. The van der Waals surface area contributed by atoms with E-state index in [1.165, 1.54) is 12.8 Å². The van der Waals surface area contributed by atoms with E-state index in [1.807, 2.05) is 24.4 Å². The first-order valence-corrected chi connectivity index (χ1v) is 7.70. The van der Waals surface area contributed by atoms with Gasteiger partial charge in [0.2, 0.25) is 0 Å². The van der Waals surface area contributed by atoms with Crippen LogP contribution in [0, 0.1) is 0 Å². The van der Waals surface area contributed by atoms with Gasteiger partial charge in [0.25, 0.3) is 5.91 Å². The summed E-state index contributed by atoms with van der Waals surface area (Å²) in [5.41, 5.74) is 2.52. The first-order valence-electron chi connectivity index (χ1n) is 7.70. The molecule has 1 saturated carbocycles. The normalized spacial score (nSPS) is 14.7. The third-order valence-electron chi connectivity index (χ3n) is 3.91. The molecule has 0 aliphatic heterocycles. The third kappa shape index (κ3) is 3.81. The number of anilines is 1. The Kier molecular flexibility index (Phi) is 4.63. The number of amides is 1. The highest BCUT2D eigenvalue weighted by Crippen LogP contribution is 2.18. The molecule has 5 nitrogen and oxygen atoms in total. The monoisotopic (exact) mass is 296 g/mol. The molecule has 22 heavy (non-hydrogen) atoms. The van der Waals surface area contributed by atoms with Crippen molar-refractivity contribution < 1.29 is 4.79 Å². The molecular weight excluding hydrogens is 276 g/mol. The van der Waals surface area contributed by atoms with Crippen LogP contribution in [0.2, 0.25) is 0 Å². The number of carbonyl (C=O) groups is 1. The van der Waals surface area contributed by atoms with Gasteiger partial charge in [0, 0.05) is 37.4 Å². The smallest absolute Gasteiger partial charge is 0.253 e. The average Bonchev–Trinajstić information content (AvgIpc) is 3.07. The van der Waals surface area contributed by atoms with E-state index in [0.29, 0.717) is 18.2 Å². The van der Waals surface area contributed by atoms with Gasteiger partial charge in [0.05, 0.1) is 11.3 Å². The van der Waals surface area contributed by atoms with Crippen molar-refractivity contribution in [3.63, 3.8) is 0 Å². The van der Waals surface area contributed by atoms with E-state index in [4.69, 9.17) is 0 Å². The molecule has 0 atom stereocenters. The van der Waals surface area contributed by atoms with Crippen LogP contribution in [0.15, 0.2) is 43.0 Å². The summed E-state index contributed by atoms with van der Waals surface area (Å²) in [6.45, 7) is 0.656. The Labute approximate surface area is 130 Å². The highest BCUT2D eigenvalue weighted by atomic mass is 16.1. The molecule has 0 unspecified atom stereocenters. The molecule has 1 aliphatic carbocycles. The fourth-order valence-electron chi connectivity index (χ4n) is 2.71. The lowest BCUT2D eigenvalue weighted by atomic mass is 10.2. The molecule has 0 spiro atoms. The molecule has 0 radical (unpaired) electrons. The summed E-state index contributed by atoms with van der Waals surface area (Å²) >= 11 is 0. The largest absolute Gasteiger partial charge is 0.380 e. The second-order valence-electron chi connectivity index (χ2n) is 5.63. The maximum absolute atomic E-state index is 12.2. The summed E-state index contributed by atoms with van der Waals surface area (Å²) in [4.78, 5) is 20.5. The van der Waals surface area contributed by atoms with Crippen LogP contribution >= 0.6 is 0 Å². The Bertz CT molecular complexity index is 624.